The van der Waals surface area contributed by atoms with E-state index in [0.29, 0.717) is 11.3 Å². The summed E-state index contributed by atoms with van der Waals surface area (Å²) in [5.74, 6) is 0. The third-order valence-electron chi connectivity index (χ3n) is 4.30. The number of nitrogens with zero attached hydrogens (tertiary/aromatic N) is 2. The number of hydrogen-bond acceptors (Lipinski definition) is 3. The van der Waals surface area contributed by atoms with Crippen molar-refractivity contribution < 1.29 is 33.3 Å². The summed E-state index contributed by atoms with van der Waals surface area (Å²) in [5, 5.41) is 1.04. The minimum absolute atomic E-state index is 0. The Morgan fingerprint density at radius 1 is 0.781 bits per heavy atom. The number of aromatic nitrogens is 2. The zero-order valence-electron chi connectivity index (χ0n) is 16.4. The van der Waals surface area contributed by atoms with E-state index in [1.54, 1.807) is 29.5 Å². The molecule has 163 valence electrons. The molecular formula is C25H15F3IrN2S-2. The number of halogens is 3. The molecule has 3 aromatic carbocycles. The largest absolute Gasteiger partial charge is 0.399 e. The van der Waals surface area contributed by atoms with Gasteiger partial charge in [-0.15, -0.1) is 65.7 Å². The second-order valence-electron chi connectivity index (χ2n) is 6.47. The maximum Gasteiger partial charge on any atom is 0.399 e. The molecule has 0 aliphatic heterocycles. The molecule has 5 rings (SSSR count). The monoisotopic (exact) mass is 625 g/mol. The first-order chi connectivity index (χ1) is 15.0. The van der Waals surface area contributed by atoms with Crippen LogP contribution >= 0.6 is 11.3 Å². The van der Waals surface area contributed by atoms with Gasteiger partial charge in [0.05, 0.1) is 5.52 Å². The van der Waals surface area contributed by atoms with Crippen molar-refractivity contribution in [2.24, 2.45) is 0 Å². The minimum Gasteiger partial charge on any atom is -0.305 e. The molecule has 0 saturated heterocycles. The summed E-state index contributed by atoms with van der Waals surface area (Å²) in [6, 6.07) is 30.4. The minimum atomic E-state index is -4.33. The summed E-state index contributed by atoms with van der Waals surface area (Å²) in [7, 11) is 0. The van der Waals surface area contributed by atoms with Crippen LogP contribution in [0.5, 0.6) is 0 Å². The Kier molecular flexibility index (Phi) is 7.91. The second-order valence-corrected chi connectivity index (χ2v) is 7.50. The molecule has 0 saturated carbocycles. The van der Waals surface area contributed by atoms with Crippen LogP contribution < -0.4 is 0 Å². The van der Waals surface area contributed by atoms with Crippen molar-refractivity contribution in [1.82, 2.24) is 9.97 Å². The van der Waals surface area contributed by atoms with Gasteiger partial charge in [-0.05, 0) is 29.5 Å². The van der Waals surface area contributed by atoms with E-state index >= 15 is 0 Å². The van der Waals surface area contributed by atoms with Crippen molar-refractivity contribution in [2.45, 2.75) is 6.18 Å². The Balaban J connectivity index is 0.000000175. The van der Waals surface area contributed by atoms with Crippen LogP contribution in [0.25, 0.3) is 32.0 Å². The number of pyridine rings is 1. The summed E-state index contributed by atoms with van der Waals surface area (Å²) in [5.41, 5.74) is 2.27. The van der Waals surface area contributed by atoms with Crippen LogP contribution in [0.2, 0.25) is 0 Å². The normalized spacial score (nSPS) is 10.7. The average molecular weight is 625 g/mol. The van der Waals surface area contributed by atoms with Crippen LogP contribution in [0, 0.1) is 12.1 Å². The molecule has 0 N–H and O–H groups in total. The zero-order chi connectivity index (χ0) is 21.7. The Labute approximate surface area is 201 Å². The van der Waals surface area contributed by atoms with Crippen molar-refractivity contribution in [1.29, 1.82) is 0 Å². The molecule has 0 atom stereocenters. The van der Waals surface area contributed by atoms with Crippen LogP contribution in [-0.2, 0) is 26.3 Å². The molecule has 2 nitrogen and oxygen atoms in total. The van der Waals surface area contributed by atoms with E-state index in [4.69, 9.17) is 0 Å². The third-order valence-corrected chi connectivity index (χ3v) is 5.37. The van der Waals surface area contributed by atoms with Crippen molar-refractivity contribution in [3.05, 3.63) is 109 Å². The van der Waals surface area contributed by atoms with Crippen LogP contribution in [0.1, 0.15) is 5.56 Å². The maximum absolute atomic E-state index is 12.4. The fourth-order valence-corrected chi connectivity index (χ4v) is 3.78. The van der Waals surface area contributed by atoms with Crippen molar-refractivity contribution in [2.75, 3.05) is 0 Å². The number of fused-ring (bicyclic) bond motifs is 1. The van der Waals surface area contributed by atoms with E-state index < -0.39 is 11.7 Å². The molecule has 0 aliphatic rings. The van der Waals surface area contributed by atoms with Gasteiger partial charge in [-0.1, -0.05) is 24.3 Å². The zero-order valence-corrected chi connectivity index (χ0v) is 19.6. The van der Waals surface area contributed by atoms with Gasteiger partial charge in [-0.2, -0.15) is 24.5 Å². The summed E-state index contributed by atoms with van der Waals surface area (Å²) in [4.78, 5) is 8.54. The Hall–Kier alpha value is -2.86. The van der Waals surface area contributed by atoms with E-state index in [2.05, 4.69) is 28.2 Å². The summed E-state index contributed by atoms with van der Waals surface area (Å²) >= 11 is 1.71. The van der Waals surface area contributed by atoms with Gasteiger partial charge in [-0.3, -0.25) is 4.98 Å². The van der Waals surface area contributed by atoms with Gasteiger partial charge in [0.1, 0.15) is 0 Å². The van der Waals surface area contributed by atoms with Gasteiger partial charge < -0.3 is 4.98 Å². The Morgan fingerprint density at radius 3 is 2.22 bits per heavy atom. The number of para-hydroxylation sites is 1. The first-order valence-corrected chi connectivity index (χ1v) is 10.2. The number of alkyl halides is 3. The van der Waals surface area contributed by atoms with E-state index in [0.717, 1.165) is 28.2 Å². The van der Waals surface area contributed by atoms with Gasteiger partial charge >= 0.3 is 6.18 Å². The van der Waals surface area contributed by atoms with Crippen molar-refractivity contribution in [3.63, 3.8) is 0 Å². The molecule has 0 fully saturated rings. The summed E-state index contributed by atoms with van der Waals surface area (Å²) < 4.78 is 38.6. The van der Waals surface area contributed by atoms with E-state index in [9.17, 15) is 13.2 Å². The number of thiazole rings is 1. The van der Waals surface area contributed by atoms with Gasteiger partial charge in [0, 0.05) is 36.0 Å². The summed E-state index contributed by atoms with van der Waals surface area (Å²) in [6.45, 7) is 0. The molecular weight excluding hydrogens is 610 g/mol. The molecule has 0 amide bonds. The maximum atomic E-state index is 12.4. The van der Waals surface area contributed by atoms with Crippen LogP contribution in [-0.4, -0.2) is 9.97 Å². The molecule has 0 bridgehead atoms. The topological polar surface area (TPSA) is 25.8 Å². The quantitative estimate of drug-likeness (QED) is 0.192. The van der Waals surface area contributed by atoms with Crippen molar-refractivity contribution in [3.8, 4) is 21.8 Å². The number of rotatable bonds is 2. The first kappa shape index (κ1) is 23.8. The molecule has 32 heavy (non-hydrogen) atoms. The predicted octanol–water partition coefficient (Wildman–Crippen LogP) is 7.33. The smallest absolute Gasteiger partial charge is 0.305 e. The average Bonchev–Trinajstić information content (AvgIpc) is 3.25. The number of hydrogen-bond donors (Lipinski definition) is 0. The summed E-state index contributed by atoms with van der Waals surface area (Å²) in [6.07, 6.45) is -2.80. The van der Waals surface area contributed by atoms with Crippen LogP contribution in [0.4, 0.5) is 13.2 Å². The van der Waals surface area contributed by atoms with Crippen molar-refractivity contribution >= 4 is 21.6 Å². The number of benzene rings is 3. The van der Waals surface area contributed by atoms with Gasteiger partial charge in [0.15, 0.2) is 0 Å². The molecule has 0 aliphatic carbocycles. The second kappa shape index (κ2) is 10.6. The molecule has 0 unspecified atom stereocenters. The predicted molar refractivity (Wildman–Crippen MR) is 117 cm³/mol. The van der Waals surface area contributed by atoms with E-state index in [-0.39, 0.29) is 20.1 Å². The van der Waals surface area contributed by atoms with Gasteiger partial charge in [0.2, 0.25) is 0 Å². The Bertz CT molecular complexity index is 1240. The molecule has 5 aromatic rings. The molecule has 7 heteroatoms. The fourth-order valence-electron chi connectivity index (χ4n) is 2.83. The van der Waals surface area contributed by atoms with E-state index in [1.807, 2.05) is 42.5 Å². The van der Waals surface area contributed by atoms with Gasteiger partial charge in [0.25, 0.3) is 0 Å². The molecule has 0 spiro atoms. The molecule has 2 aromatic heterocycles. The van der Waals surface area contributed by atoms with Crippen LogP contribution in [0.3, 0.4) is 0 Å². The Morgan fingerprint density at radius 2 is 1.53 bits per heavy atom. The third kappa shape index (κ3) is 5.88. The van der Waals surface area contributed by atoms with Crippen LogP contribution in [0.15, 0.2) is 91.1 Å². The molecule has 1 radical (unpaired) electrons. The standard InChI is InChI=1S/C13H8NS.C12H7F3N.Ir/c1-2-6-10(7-3-1)13-14-11-8-4-5-9-12(11)15-13;13-12(14,15)10-5-3-4-9(8-10)11-6-1-2-7-16-11;/h1-6,8-9H;1-3,5-8H;/q2*-1;. The fraction of sp³-hybridized carbons (Fsp3) is 0.0400. The SMILES string of the molecule is FC(F)(F)c1cc[c-]c(-c2ccccn2)c1.[Ir].[c-]1ccccc1-c1nc2ccccc2s1. The first-order valence-electron chi connectivity index (χ1n) is 9.34. The van der Waals surface area contributed by atoms with Gasteiger partial charge in [-0.25, -0.2) is 0 Å². The molecule has 2 heterocycles. The van der Waals surface area contributed by atoms with E-state index in [1.165, 1.54) is 17.0 Å².